The normalized spacial score (nSPS) is 14.5. The van der Waals surface area contributed by atoms with Crippen molar-refractivity contribution in [3.05, 3.63) is 108 Å². The lowest BCUT2D eigenvalue weighted by atomic mass is 10.1. The van der Waals surface area contributed by atoms with Gasteiger partial charge < -0.3 is 9.47 Å². The number of hydrogen-bond donors (Lipinski definition) is 1. The van der Waals surface area contributed by atoms with Crippen molar-refractivity contribution in [3.63, 3.8) is 0 Å². The number of anilines is 1. The Morgan fingerprint density at radius 3 is 2.44 bits per heavy atom. The zero-order valence-corrected chi connectivity index (χ0v) is 18.5. The van der Waals surface area contributed by atoms with Crippen molar-refractivity contribution in [1.29, 1.82) is 0 Å². The van der Waals surface area contributed by atoms with Gasteiger partial charge in [-0.15, -0.1) is 0 Å². The molecule has 0 radical (unpaired) electrons. The van der Waals surface area contributed by atoms with E-state index in [4.69, 9.17) is 9.47 Å². The number of carbonyl (C=O) groups is 2. The number of benzene rings is 4. The minimum atomic E-state index is -0.455. The van der Waals surface area contributed by atoms with E-state index in [0.29, 0.717) is 29.4 Å². The molecule has 1 saturated heterocycles. The van der Waals surface area contributed by atoms with Gasteiger partial charge in [0.2, 0.25) is 0 Å². The number of nitrogens with zero attached hydrogens (tertiary/aromatic N) is 1. The van der Waals surface area contributed by atoms with E-state index in [2.05, 4.69) is 23.6 Å². The van der Waals surface area contributed by atoms with Crippen molar-refractivity contribution in [2.45, 2.75) is 6.61 Å². The molecule has 1 heterocycles. The Hall–Kier alpha value is -4.58. The Morgan fingerprint density at radius 2 is 1.62 bits per heavy atom. The standard InChI is InChI=1S/C28H22N2O4/c1-33-26-17-19(16-24-27(31)29-30(28(24)32)22-11-3-2-4-12-22)14-15-25(26)34-18-21-10-7-9-20-8-5-6-13-23(20)21/h2-17H,18H2,1H3,(H,29,31)/b24-16+. The van der Waals surface area contributed by atoms with E-state index in [0.717, 1.165) is 16.3 Å². The molecule has 168 valence electrons. The van der Waals surface area contributed by atoms with E-state index in [1.54, 1.807) is 55.7 Å². The summed E-state index contributed by atoms with van der Waals surface area (Å²) in [5.41, 5.74) is 4.98. The first-order valence-electron chi connectivity index (χ1n) is 10.8. The third-order valence-corrected chi connectivity index (χ3v) is 5.67. The Bertz CT molecular complexity index is 1410. The smallest absolute Gasteiger partial charge is 0.282 e. The summed E-state index contributed by atoms with van der Waals surface area (Å²) in [6.45, 7) is 0.380. The molecule has 0 bridgehead atoms. The van der Waals surface area contributed by atoms with E-state index >= 15 is 0 Å². The summed E-state index contributed by atoms with van der Waals surface area (Å²) in [5, 5.41) is 3.54. The van der Waals surface area contributed by atoms with Crippen LogP contribution < -0.4 is 19.9 Å². The number of hydrazine groups is 1. The highest BCUT2D eigenvalue weighted by Gasteiger charge is 2.34. The molecule has 0 spiro atoms. The number of carbonyl (C=O) groups excluding carboxylic acids is 2. The summed E-state index contributed by atoms with van der Waals surface area (Å²) < 4.78 is 11.6. The summed E-state index contributed by atoms with van der Waals surface area (Å²) in [6, 6.07) is 28.6. The Balaban J connectivity index is 1.37. The Kier molecular flexibility index (Phi) is 5.70. The minimum absolute atomic E-state index is 0.0512. The van der Waals surface area contributed by atoms with Crippen molar-refractivity contribution < 1.29 is 19.1 Å². The number of nitrogens with one attached hydrogen (secondary N) is 1. The zero-order chi connectivity index (χ0) is 23.5. The lowest BCUT2D eigenvalue weighted by molar-refractivity contribution is -0.117. The van der Waals surface area contributed by atoms with Crippen molar-refractivity contribution in [3.8, 4) is 11.5 Å². The van der Waals surface area contributed by atoms with Crippen molar-refractivity contribution in [2.24, 2.45) is 0 Å². The van der Waals surface area contributed by atoms with Crippen LogP contribution in [0, 0.1) is 0 Å². The number of fused-ring (bicyclic) bond motifs is 1. The molecule has 4 aromatic carbocycles. The fraction of sp³-hybridized carbons (Fsp3) is 0.0714. The van der Waals surface area contributed by atoms with Crippen LogP contribution in [0.3, 0.4) is 0 Å². The Labute approximate surface area is 197 Å². The quantitative estimate of drug-likeness (QED) is 0.336. The maximum absolute atomic E-state index is 12.8. The molecule has 6 nitrogen and oxygen atoms in total. The van der Waals surface area contributed by atoms with Gasteiger partial charge in [-0.25, -0.2) is 5.01 Å². The molecule has 0 aromatic heterocycles. The van der Waals surface area contributed by atoms with E-state index in [-0.39, 0.29) is 5.57 Å². The molecule has 5 rings (SSSR count). The average Bonchev–Trinajstić information content (AvgIpc) is 3.16. The molecule has 1 aliphatic rings. The Morgan fingerprint density at radius 1 is 0.853 bits per heavy atom. The van der Waals surface area contributed by atoms with E-state index < -0.39 is 11.8 Å². The fourth-order valence-corrected chi connectivity index (χ4v) is 3.95. The number of para-hydroxylation sites is 1. The summed E-state index contributed by atoms with van der Waals surface area (Å²) in [6.07, 6.45) is 1.55. The highest BCUT2D eigenvalue weighted by atomic mass is 16.5. The fourth-order valence-electron chi connectivity index (χ4n) is 3.95. The van der Waals surface area contributed by atoms with Crippen molar-refractivity contribution in [1.82, 2.24) is 5.43 Å². The van der Waals surface area contributed by atoms with Gasteiger partial charge in [0.1, 0.15) is 12.2 Å². The third-order valence-electron chi connectivity index (χ3n) is 5.67. The predicted molar refractivity (Wildman–Crippen MR) is 131 cm³/mol. The summed E-state index contributed by atoms with van der Waals surface area (Å²) in [5.74, 6) is 0.224. The molecule has 2 amide bonds. The van der Waals surface area contributed by atoms with Gasteiger partial charge in [-0.3, -0.25) is 15.0 Å². The average molecular weight is 450 g/mol. The summed E-state index contributed by atoms with van der Waals surface area (Å²) in [4.78, 5) is 25.3. The number of hydrogen-bond acceptors (Lipinski definition) is 4. The molecular weight excluding hydrogens is 428 g/mol. The molecule has 4 aromatic rings. The number of ether oxygens (including phenoxy) is 2. The zero-order valence-electron chi connectivity index (χ0n) is 18.5. The van der Waals surface area contributed by atoms with Gasteiger partial charge in [0.05, 0.1) is 12.8 Å². The van der Waals surface area contributed by atoms with Crippen LogP contribution in [-0.2, 0) is 16.2 Å². The first-order chi connectivity index (χ1) is 16.6. The molecule has 0 aliphatic carbocycles. The van der Waals surface area contributed by atoms with Gasteiger partial charge >= 0.3 is 0 Å². The second kappa shape index (κ2) is 9.11. The lowest BCUT2D eigenvalue weighted by Gasteiger charge is -2.14. The van der Waals surface area contributed by atoms with Crippen LogP contribution in [0.1, 0.15) is 11.1 Å². The first kappa shape index (κ1) is 21.3. The minimum Gasteiger partial charge on any atom is -0.493 e. The van der Waals surface area contributed by atoms with Crippen LogP contribution >= 0.6 is 0 Å². The van der Waals surface area contributed by atoms with Crippen LogP contribution in [0.15, 0.2) is 96.6 Å². The SMILES string of the molecule is COc1cc(/C=C2\C(=O)NN(c3ccccc3)C2=O)ccc1OCc1cccc2ccccc12. The molecule has 0 atom stereocenters. The number of rotatable bonds is 6. The molecule has 6 heteroatoms. The van der Waals surface area contributed by atoms with E-state index in [1.807, 2.05) is 30.3 Å². The second-order valence-electron chi connectivity index (χ2n) is 7.81. The van der Waals surface area contributed by atoms with Crippen LogP contribution in [0.2, 0.25) is 0 Å². The molecule has 0 unspecified atom stereocenters. The molecule has 34 heavy (non-hydrogen) atoms. The van der Waals surface area contributed by atoms with E-state index in [1.165, 1.54) is 5.01 Å². The molecule has 0 saturated carbocycles. The topological polar surface area (TPSA) is 67.9 Å². The van der Waals surface area contributed by atoms with Gasteiger partial charge in [-0.1, -0.05) is 66.7 Å². The molecule has 1 N–H and O–H groups in total. The highest BCUT2D eigenvalue weighted by Crippen LogP contribution is 2.31. The van der Waals surface area contributed by atoms with Gasteiger partial charge in [0.15, 0.2) is 11.5 Å². The summed E-state index contributed by atoms with van der Waals surface area (Å²) >= 11 is 0. The largest absolute Gasteiger partial charge is 0.493 e. The molecule has 1 fully saturated rings. The monoisotopic (exact) mass is 450 g/mol. The first-order valence-corrected chi connectivity index (χ1v) is 10.8. The molecule has 1 aliphatic heterocycles. The third kappa shape index (κ3) is 4.09. The second-order valence-corrected chi connectivity index (χ2v) is 7.81. The van der Waals surface area contributed by atoms with Crippen LogP contribution in [0.4, 0.5) is 5.69 Å². The maximum Gasteiger partial charge on any atom is 0.282 e. The van der Waals surface area contributed by atoms with E-state index in [9.17, 15) is 9.59 Å². The van der Waals surface area contributed by atoms with Gasteiger partial charge in [0.25, 0.3) is 11.8 Å². The van der Waals surface area contributed by atoms with Crippen LogP contribution in [0.25, 0.3) is 16.8 Å². The van der Waals surface area contributed by atoms with Crippen LogP contribution in [0.5, 0.6) is 11.5 Å². The lowest BCUT2D eigenvalue weighted by Crippen LogP contribution is -2.35. The number of methoxy groups -OCH3 is 1. The van der Waals surface area contributed by atoms with Gasteiger partial charge in [0, 0.05) is 0 Å². The molecular formula is C28H22N2O4. The number of amides is 2. The predicted octanol–water partition coefficient (Wildman–Crippen LogP) is 4.89. The highest BCUT2D eigenvalue weighted by molar-refractivity contribution is 6.31. The summed E-state index contributed by atoms with van der Waals surface area (Å²) in [7, 11) is 1.56. The van der Waals surface area contributed by atoms with Gasteiger partial charge in [-0.05, 0) is 52.2 Å². The van der Waals surface area contributed by atoms with Gasteiger partial charge in [-0.2, -0.15) is 0 Å². The van der Waals surface area contributed by atoms with Crippen LogP contribution in [-0.4, -0.2) is 18.9 Å². The van der Waals surface area contributed by atoms with Crippen molar-refractivity contribution >= 4 is 34.4 Å². The van der Waals surface area contributed by atoms with Crippen molar-refractivity contribution in [2.75, 3.05) is 12.1 Å². The maximum atomic E-state index is 12.8.